The number of aromatic carboxylic acids is 1. The molecule has 0 saturated heterocycles. The highest BCUT2D eigenvalue weighted by Crippen LogP contribution is 2.28. The maximum Gasteiger partial charge on any atom is 0.335 e. The number of benzene rings is 1. The highest BCUT2D eigenvalue weighted by Gasteiger charge is 2.16. The Hall–Kier alpha value is -3.13. The molecule has 0 atom stereocenters. The van der Waals surface area contributed by atoms with Gasteiger partial charge >= 0.3 is 5.97 Å². The van der Waals surface area contributed by atoms with E-state index in [0.29, 0.717) is 10.6 Å². The minimum absolute atomic E-state index is 0.134. The number of hydrogen-bond acceptors (Lipinski definition) is 5. The first-order chi connectivity index (χ1) is 14.3. The van der Waals surface area contributed by atoms with Gasteiger partial charge in [0.2, 0.25) is 0 Å². The zero-order valence-corrected chi connectivity index (χ0v) is 18.4. The molecular weight excluding hydrogens is 400 g/mol. The first kappa shape index (κ1) is 21.6. The van der Waals surface area contributed by atoms with Crippen LogP contribution in [0.1, 0.15) is 43.4 Å². The van der Waals surface area contributed by atoms with E-state index in [9.17, 15) is 14.7 Å². The minimum atomic E-state index is -1.03. The number of thiophene rings is 1. The number of rotatable bonds is 8. The number of aromatic nitrogens is 2. The van der Waals surface area contributed by atoms with E-state index in [4.69, 9.17) is 0 Å². The quantitative estimate of drug-likeness (QED) is 0.566. The van der Waals surface area contributed by atoms with E-state index in [1.54, 1.807) is 18.2 Å². The van der Waals surface area contributed by atoms with E-state index in [1.807, 2.05) is 42.0 Å². The van der Waals surface area contributed by atoms with Gasteiger partial charge in [-0.1, -0.05) is 6.07 Å². The number of carboxylic acid groups (broad SMARTS) is 1. The maximum absolute atomic E-state index is 12.5. The largest absolute Gasteiger partial charge is 0.478 e. The molecule has 0 aliphatic heterocycles. The zero-order valence-electron chi connectivity index (χ0n) is 17.6. The Morgan fingerprint density at radius 3 is 2.63 bits per heavy atom. The predicted octanol–water partition coefficient (Wildman–Crippen LogP) is 4.12. The van der Waals surface area contributed by atoms with Crippen LogP contribution in [0.25, 0.3) is 0 Å². The summed E-state index contributed by atoms with van der Waals surface area (Å²) >= 11 is 1.34. The Kier molecular flexibility index (Phi) is 6.56. The molecular formula is C22H26N4O3S. The second-order valence-electron chi connectivity index (χ2n) is 7.27. The van der Waals surface area contributed by atoms with Crippen molar-refractivity contribution in [3.05, 3.63) is 63.1 Å². The third-order valence-corrected chi connectivity index (χ3v) is 6.10. The lowest BCUT2D eigenvalue weighted by Crippen LogP contribution is -2.22. The molecule has 0 aliphatic carbocycles. The number of anilines is 2. The Labute approximate surface area is 180 Å². The van der Waals surface area contributed by atoms with Gasteiger partial charge in [0.25, 0.3) is 5.91 Å². The lowest BCUT2D eigenvalue weighted by Gasteiger charge is -2.23. The van der Waals surface area contributed by atoms with Crippen LogP contribution in [0.2, 0.25) is 0 Å². The molecule has 0 radical (unpaired) electrons. The first-order valence-electron chi connectivity index (χ1n) is 9.70. The molecule has 30 heavy (non-hydrogen) atoms. The van der Waals surface area contributed by atoms with Crippen LogP contribution in [0.5, 0.6) is 0 Å². The molecule has 0 spiro atoms. The highest BCUT2D eigenvalue weighted by molar-refractivity contribution is 7.12. The average Bonchev–Trinajstić information content (AvgIpc) is 3.32. The van der Waals surface area contributed by atoms with Crippen molar-refractivity contribution in [3.8, 4) is 0 Å². The number of carbonyl (C=O) groups is 2. The monoisotopic (exact) mass is 426 g/mol. The molecule has 0 aliphatic rings. The van der Waals surface area contributed by atoms with Gasteiger partial charge in [0.05, 0.1) is 27.5 Å². The van der Waals surface area contributed by atoms with Crippen molar-refractivity contribution >= 4 is 34.6 Å². The Balaban J connectivity index is 1.75. The van der Waals surface area contributed by atoms with Gasteiger partial charge in [0.1, 0.15) is 0 Å². The van der Waals surface area contributed by atoms with E-state index in [0.717, 1.165) is 30.8 Å². The molecule has 1 aromatic carbocycles. The molecule has 0 bridgehead atoms. The van der Waals surface area contributed by atoms with Crippen LogP contribution in [0, 0.1) is 13.8 Å². The third kappa shape index (κ3) is 4.71. The van der Waals surface area contributed by atoms with Crippen molar-refractivity contribution in [1.29, 1.82) is 0 Å². The van der Waals surface area contributed by atoms with Gasteiger partial charge in [-0.25, -0.2) is 4.79 Å². The Morgan fingerprint density at radius 1 is 1.27 bits per heavy atom. The smallest absolute Gasteiger partial charge is 0.335 e. The molecule has 2 aromatic heterocycles. The number of carbonyl (C=O) groups excluding carboxylic acids is 1. The van der Waals surface area contributed by atoms with E-state index in [2.05, 4.69) is 17.3 Å². The maximum atomic E-state index is 12.5. The molecule has 7 nitrogen and oxygen atoms in total. The molecule has 8 heteroatoms. The van der Waals surface area contributed by atoms with Crippen molar-refractivity contribution in [2.45, 2.75) is 26.7 Å². The second kappa shape index (κ2) is 9.13. The Bertz CT molecular complexity index is 1060. The normalized spacial score (nSPS) is 10.8. The molecule has 158 valence electrons. The van der Waals surface area contributed by atoms with Gasteiger partial charge in [-0.2, -0.15) is 5.10 Å². The van der Waals surface area contributed by atoms with E-state index in [-0.39, 0.29) is 11.5 Å². The molecule has 3 rings (SSSR count). The number of hydrogen-bond donors (Lipinski definition) is 2. The van der Waals surface area contributed by atoms with E-state index >= 15 is 0 Å². The van der Waals surface area contributed by atoms with Crippen LogP contribution in [-0.2, 0) is 13.5 Å². The van der Waals surface area contributed by atoms with Crippen molar-refractivity contribution in [1.82, 2.24) is 9.78 Å². The molecule has 2 heterocycles. The van der Waals surface area contributed by atoms with Crippen LogP contribution in [-0.4, -0.2) is 40.4 Å². The third-order valence-electron chi connectivity index (χ3n) is 5.23. The van der Waals surface area contributed by atoms with Gasteiger partial charge in [0.15, 0.2) is 0 Å². The Morgan fingerprint density at radius 2 is 2.03 bits per heavy atom. The van der Waals surface area contributed by atoms with Gasteiger partial charge < -0.3 is 15.3 Å². The molecule has 1 amide bonds. The van der Waals surface area contributed by atoms with Crippen molar-refractivity contribution in [3.63, 3.8) is 0 Å². The molecule has 0 unspecified atom stereocenters. The standard InChI is InChI=1S/C22H26N4O3S/c1-14-17(15(2)26(4)24-14)7-5-11-25(3)19-10-9-16(22(28)29)13-18(19)23-21(27)20-8-6-12-30-20/h6,8-10,12-13H,5,7,11H2,1-4H3,(H,23,27)(H,28,29). The summed E-state index contributed by atoms with van der Waals surface area (Å²) in [7, 11) is 3.89. The fraction of sp³-hybridized carbons (Fsp3) is 0.318. The summed E-state index contributed by atoms with van der Waals surface area (Å²) in [6.45, 7) is 4.85. The fourth-order valence-electron chi connectivity index (χ4n) is 3.49. The molecule has 2 N–H and O–H groups in total. The fourth-order valence-corrected chi connectivity index (χ4v) is 4.11. The van der Waals surface area contributed by atoms with Gasteiger partial charge in [0, 0.05) is 26.3 Å². The van der Waals surface area contributed by atoms with Crippen LogP contribution >= 0.6 is 11.3 Å². The van der Waals surface area contributed by atoms with Crippen molar-refractivity contribution in [2.24, 2.45) is 7.05 Å². The van der Waals surface area contributed by atoms with Crippen LogP contribution in [0.4, 0.5) is 11.4 Å². The van der Waals surface area contributed by atoms with Crippen LogP contribution in [0.3, 0.4) is 0 Å². The number of nitrogens with zero attached hydrogens (tertiary/aromatic N) is 3. The first-order valence-corrected chi connectivity index (χ1v) is 10.6. The van der Waals surface area contributed by atoms with Crippen LogP contribution < -0.4 is 10.2 Å². The summed E-state index contributed by atoms with van der Waals surface area (Å²) in [6.07, 6.45) is 1.81. The zero-order chi connectivity index (χ0) is 21.8. The van der Waals surface area contributed by atoms with E-state index in [1.165, 1.54) is 28.7 Å². The number of nitrogens with one attached hydrogen (secondary N) is 1. The summed E-state index contributed by atoms with van der Waals surface area (Å²) in [6, 6.07) is 8.36. The molecule has 3 aromatic rings. The van der Waals surface area contributed by atoms with Gasteiger partial charge in [-0.05, 0) is 61.9 Å². The molecule has 0 saturated carbocycles. The average molecular weight is 427 g/mol. The topological polar surface area (TPSA) is 87.5 Å². The summed E-state index contributed by atoms with van der Waals surface area (Å²) in [5.41, 5.74) is 4.89. The number of carboxylic acids is 1. The summed E-state index contributed by atoms with van der Waals surface area (Å²) in [5.74, 6) is -1.28. The minimum Gasteiger partial charge on any atom is -0.478 e. The van der Waals surface area contributed by atoms with Gasteiger partial charge in [-0.3, -0.25) is 9.48 Å². The van der Waals surface area contributed by atoms with Gasteiger partial charge in [-0.15, -0.1) is 11.3 Å². The molecule has 0 fully saturated rings. The number of amides is 1. The number of aryl methyl sites for hydroxylation is 2. The highest BCUT2D eigenvalue weighted by atomic mass is 32.1. The lowest BCUT2D eigenvalue weighted by molar-refractivity contribution is 0.0696. The van der Waals surface area contributed by atoms with Crippen molar-refractivity contribution in [2.75, 3.05) is 23.8 Å². The predicted molar refractivity (Wildman–Crippen MR) is 120 cm³/mol. The summed E-state index contributed by atoms with van der Waals surface area (Å²) in [5, 5.41) is 18.5. The van der Waals surface area contributed by atoms with Crippen molar-refractivity contribution < 1.29 is 14.7 Å². The second-order valence-corrected chi connectivity index (χ2v) is 8.21. The summed E-state index contributed by atoms with van der Waals surface area (Å²) in [4.78, 5) is 26.6. The summed E-state index contributed by atoms with van der Waals surface area (Å²) < 4.78 is 1.90. The lowest BCUT2D eigenvalue weighted by atomic mass is 10.1. The SMILES string of the molecule is Cc1nn(C)c(C)c1CCCN(C)c1ccc(C(=O)O)cc1NC(=O)c1cccs1. The van der Waals surface area contributed by atoms with Crippen LogP contribution in [0.15, 0.2) is 35.7 Å². The van der Waals surface area contributed by atoms with E-state index < -0.39 is 5.97 Å².